The summed E-state index contributed by atoms with van der Waals surface area (Å²) >= 11 is 6.84. The van der Waals surface area contributed by atoms with Crippen molar-refractivity contribution < 1.29 is 8.42 Å². The summed E-state index contributed by atoms with van der Waals surface area (Å²) in [5.41, 5.74) is 0.845. The van der Waals surface area contributed by atoms with Crippen LogP contribution in [-0.4, -0.2) is 25.8 Å². The van der Waals surface area contributed by atoms with Crippen LogP contribution in [0, 0.1) is 0 Å². The summed E-state index contributed by atoms with van der Waals surface area (Å²) in [5, 5.41) is 1.77. The molecule has 1 aromatic heterocycles. The fraction of sp³-hybridized carbons (Fsp3) is 0.556. The molecule has 0 unspecified atom stereocenters. The first-order chi connectivity index (χ1) is 6.89. The van der Waals surface area contributed by atoms with E-state index in [9.17, 15) is 8.42 Å². The lowest BCUT2D eigenvalue weighted by Crippen LogP contribution is -2.32. The van der Waals surface area contributed by atoms with Crippen LogP contribution in [0.2, 0.25) is 0 Å². The van der Waals surface area contributed by atoms with Crippen LogP contribution in [-0.2, 0) is 15.9 Å². The number of alkyl halides is 1. The van der Waals surface area contributed by atoms with Crippen molar-refractivity contribution >= 4 is 33.0 Å². The minimum absolute atomic E-state index is 0.0449. The summed E-state index contributed by atoms with van der Waals surface area (Å²) in [4.78, 5) is 0. The Balaban J connectivity index is 3.06. The average Bonchev–Trinajstić information content (AvgIpc) is 2.65. The third kappa shape index (κ3) is 2.72. The molecule has 0 aromatic carbocycles. The highest BCUT2D eigenvalue weighted by atomic mass is 35.5. The highest BCUT2D eigenvalue weighted by molar-refractivity contribution is 7.91. The van der Waals surface area contributed by atoms with Crippen molar-refractivity contribution in [1.29, 1.82) is 0 Å². The van der Waals surface area contributed by atoms with Crippen LogP contribution >= 0.6 is 22.9 Å². The third-order valence-corrected chi connectivity index (χ3v) is 5.95. The molecule has 0 saturated heterocycles. The Morgan fingerprint density at radius 1 is 1.53 bits per heavy atom. The van der Waals surface area contributed by atoms with Crippen molar-refractivity contribution in [3.05, 3.63) is 17.0 Å². The molecule has 86 valence electrons. The van der Waals surface area contributed by atoms with Gasteiger partial charge in [0, 0.05) is 19.0 Å². The molecule has 0 aliphatic carbocycles. The molecule has 0 bridgehead atoms. The highest BCUT2D eigenvalue weighted by Gasteiger charge is 2.24. The van der Waals surface area contributed by atoms with Gasteiger partial charge in [0.05, 0.1) is 0 Å². The second kappa shape index (κ2) is 4.82. The van der Waals surface area contributed by atoms with E-state index in [0.29, 0.717) is 10.1 Å². The second-order valence-electron chi connectivity index (χ2n) is 3.52. The first-order valence-corrected chi connectivity index (χ1v) is 7.36. The van der Waals surface area contributed by atoms with Crippen LogP contribution in [0.15, 0.2) is 15.7 Å². The SMILES string of the molecule is CC(C)N(C)S(=O)(=O)c1cc(CCl)cs1. The Kier molecular flexibility index (Phi) is 4.17. The van der Waals surface area contributed by atoms with Crippen molar-refractivity contribution in [3.63, 3.8) is 0 Å². The van der Waals surface area contributed by atoms with Crippen LogP contribution in [0.25, 0.3) is 0 Å². The predicted molar refractivity (Wildman–Crippen MR) is 64.0 cm³/mol. The molecular weight excluding hydrogens is 254 g/mol. The second-order valence-corrected chi connectivity index (χ2v) is 6.93. The van der Waals surface area contributed by atoms with Crippen molar-refractivity contribution in [2.75, 3.05) is 7.05 Å². The van der Waals surface area contributed by atoms with E-state index < -0.39 is 10.0 Å². The van der Waals surface area contributed by atoms with Gasteiger partial charge in [-0.1, -0.05) is 0 Å². The number of hydrogen-bond donors (Lipinski definition) is 0. The van der Waals surface area contributed by atoms with E-state index in [1.165, 1.54) is 15.6 Å². The molecule has 0 aliphatic rings. The Hall–Kier alpha value is -0.100. The number of sulfonamides is 1. The van der Waals surface area contributed by atoms with Gasteiger partial charge >= 0.3 is 0 Å². The quantitative estimate of drug-likeness (QED) is 0.786. The van der Waals surface area contributed by atoms with E-state index in [-0.39, 0.29) is 6.04 Å². The zero-order chi connectivity index (χ0) is 11.6. The van der Waals surface area contributed by atoms with Gasteiger partial charge in [-0.2, -0.15) is 4.31 Å². The van der Waals surface area contributed by atoms with Crippen LogP contribution in [0.5, 0.6) is 0 Å². The van der Waals surface area contributed by atoms with E-state index in [1.807, 2.05) is 13.8 Å². The number of hydrogen-bond acceptors (Lipinski definition) is 3. The summed E-state index contributed by atoms with van der Waals surface area (Å²) in [5.74, 6) is 0.345. The van der Waals surface area contributed by atoms with Gasteiger partial charge in [0.2, 0.25) is 0 Å². The van der Waals surface area contributed by atoms with Gasteiger partial charge in [0.1, 0.15) is 4.21 Å². The Morgan fingerprint density at radius 2 is 2.13 bits per heavy atom. The minimum atomic E-state index is -3.33. The van der Waals surface area contributed by atoms with Gasteiger partial charge in [-0.3, -0.25) is 0 Å². The van der Waals surface area contributed by atoms with E-state index in [1.54, 1.807) is 18.5 Å². The standard InChI is InChI=1S/C9H14ClNO2S2/c1-7(2)11(3)15(12,13)9-4-8(5-10)6-14-9/h4,6-7H,5H2,1-3H3. The van der Waals surface area contributed by atoms with E-state index in [2.05, 4.69) is 0 Å². The number of nitrogens with zero attached hydrogens (tertiary/aromatic N) is 1. The molecular formula is C9H14ClNO2S2. The zero-order valence-electron chi connectivity index (χ0n) is 8.90. The molecule has 6 heteroatoms. The van der Waals surface area contributed by atoms with E-state index >= 15 is 0 Å². The lowest BCUT2D eigenvalue weighted by Gasteiger charge is -2.19. The van der Waals surface area contributed by atoms with Crippen molar-refractivity contribution in [1.82, 2.24) is 4.31 Å². The molecule has 15 heavy (non-hydrogen) atoms. The highest BCUT2D eigenvalue weighted by Crippen LogP contribution is 2.24. The Morgan fingerprint density at radius 3 is 2.53 bits per heavy atom. The molecule has 0 amide bonds. The maximum Gasteiger partial charge on any atom is 0.252 e. The van der Waals surface area contributed by atoms with Crippen LogP contribution < -0.4 is 0 Å². The molecule has 0 radical (unpaired) electrons. The lowest BCUT2D eigenvalue weighted by atomic mass is 10.4. The van der Waals surface area contributed by atoms with Gasteiger partial charge in [-0.05, 0) is 30.9 Å². The molecule has 1 heterocycles. The molecule has 0 aliphatic heterocycles. The Bertz CT molecular complexity index is 425. The number of thiophene rings is 1. The molecule has 3 nitrogen and oxygen atoms in total. The van der Waals surface area contributed by atoms with Gasteiger partial charge in [0.15, 0.2) is 0 Å². The van der Waals surface area contributed by atoms with Crippen molar-refractivity contribution in [3.8, 4) is 0 Å². The summed E-state index contributed by atoms with van der Waals surface area (Å²) in [7, 11) is -1.75. The zero-order valence-corrected chi connectivity index (χ0v) is 11.3. The molecule has 1 aromatic rings. The summed E-state index contributed by atoms with van der Waals surface area (Å²) < 4.78 is 25.7. The fourth-order valence-electron chi connectivity index (χ4n) is 0.978. The summed E-state index contributed by atoms with van der Waals surface area (Å²) in [6.45, 7) is 3.68. The molecule has 0 fully saturated rings. The molecule has 0 N–H and O–H groups in total. The van der Waals surface area contributed by atoms with Crippen LogP contribution in [0.4, 0.5) is 0 Å². The van der Waals surface area contributed by atoms with Gasteiger partial charge in [0.25, 0.3) is 10.0 Å². The topological polar surface area (TPSA) is 37.4 Å². The average molecular weight is 268 g/mol. The largest absolute Gasteiger partial charge is 0.252 e. The maximum atomic E-state index is 12.0. The first-order valence-electron chi connectivity index (χ1n) is 4.51. The third-order valence-electron chi connectivity index (χ3n) is 2.14. The molecule has 0 spiro atoms. The van der Waals surface area contributed by atoms with Gasteiger partial charge in [-0.25, -0.2) is 8.42 Å². The Labute approximate surface area is 99.7 Å². The maximum absolute atomic E-state index is 12.0. The summed E-state index contributed by atoms with van der Waals surface area (Å²) in [6.07, 6.45) is 0. The fourth-order valence-corrected chi connectivity index (χ4v) is 3.98. The molecule has 1 rings (SSSR count). The van der Waals surface area contributed by atoms with Gasteiger partial charge in [-0.15, -0.1) is 22.9 Å². The smallest absolute Gasteiger partial charge is 0.206 e. The monoisotopic (exact) mass is 267 g/mol. The van der Waals surface area contributed by atoms with E-state index in [4.69, 9.17) is 11.6 Å². The lowest BCUT2D eigenvalue weighted by molar-refractivity contribution is 0.412. The van der Waals surface area contributed by atoms with Crippen LogP contribution in [0.1, 0.15) is 19.4 Å². The molecule has 0 saturated carbocycles. The summed E-state index contributed by atoms with van der Waals surface area (Å²) in [6, 6.07) is 1.59. The normalized spacial score (nSPS) is 12.7. The first kappa shape index (κ1) is 13.0. The van der Waals surface area contributed by atoms with E-state index in [0.717, 1.165) is 5.56 Å². The number of halogens is 1. The minimum Gasteiger partial charge on any atom is -0.206 e. The van der Waals surface area contributed by atoms with Gasteiger partial charge < -0.3 is 0 Å². The van der Waals surface area contributed by atoms with Crippen molar-refractivity contribution in [2.45, 2.75) is 30.0 Å². The predicted octanol–water partition coefficient (Wildman–Crippen LogP) is 2.52. The van der Waals surface area contributed by atoms with Crippen molar-refractivity contribution in [2.24, 2.45) is 0 Å². The van der Waals surface area contributed by atoms with Crippen LogP contribution in [0.3, 0.4) is 0 Å². The molecule has 0 atom stereocenters. The number of rotatable bonds is 4.